The van der Waals surface area contributed by atoms with E-state index in [0.717, 1.165) is 34.7 Å². The number of ether oxygens (including phenoxy) is 2. The summed E-state index contributed by atoms with van der Waals surface area (Å²) in [7, 11) is 1.60. The number of carbonyl (C=O) groups is 1. The summed E-state index contributed by atoms with van der Waals surface area (Å²) >= 11 is 1.63. The van der Waals surface area contributed by atoms with Gasteiger partial charge in [0.1, 0.15) is 11.5 Å². The molecule has 0 saturated carbocycles. The zero-order valence-electron chi connectivity index (χ0n) is 17.0. The highest BCUT2D eigenvalue weighted by Crippen LogP contribution is 2.30. The molecule has 0 unspecified atom stereocenters. The lowest BCUT2D eigenvalue weighted by Crippen LogP contribution is -2.15. The molecule has 0 spiro atoms. The smallest absolute Gasteiger partial charge is 0.228 e. The fraction of sp³-hybridized carbons (Fsp3) is 0.304. The van der Waals surface area contributed by atoms with Gasteiger partial charge in [-0.05, 0) is 31.0 Å². The van der Waals surface area contributed by atoms with Crippen LogP contribution in [0.3, 0.4) is 0 Å². The van der Waals surface area contributed by atoms with Crippen LogP contribution in [0.2, 0.25) is 0 Å². The van der Waals surface area contributed by atoms with Gasteiger partial charge in [0.25, 0.3) is 0 Å². The first-order valence-electron chi connectivity index (χ1n) is 9.71. The van der Waals surface area contributed by atoms with Gasteiger partial charge in [-0.15, -0.1) is 11.3 Å². The normalized spacial score (nSPS) is 10.6. The molecule has 29 heavy (non-hydrogen) atoms. The van der Waals surface area contributed by atoms with Gasteiger partial charge in [-0.3, -0.25) is 4.79 Å². The largest absolute Gasteiger partial charge is 0.497 e. The molecule has 1 aromatic heterocycles. The zero-order valence-corrected chi connectivity index (χ0v) is 17.8. The Kier molecular flexibility index (Phi) is 7.25. The van der Waals surface area contributed by atoms with Gasteiger partial charge in [-0.1, -0.05) is 37.6 Å². The standard InChI is InChI=1S/C23H26N2O3S/c1-4-5-12-28-22-11-10-19(27-3)14-20(22)25-23(26)13-17-6-8-18(9-7-17)21-15-29-16(2)24-21/h6-11,14-15H,4-5,12-13H2,1-3H3,(H,25,26). The van der Waals surface area contributed by atoms with Crippen LogP contribution < -0.4 is 14.8 Å². The maximum Gasteiger partial charge on any atom is 0.228 e. The van der Waals surface area contributed by atoms with E-state index in [1.165, 1.54) is 0 Å². The average Bonchev–Trinajstić information content (AvgIpc) is 3.16. The fourth-order valence-corrected chi connectivity index (χ4v) is 3.48. The minimum absolute atomic E-state index is 0.101. The lowest BCUT2D eigenvalue weighted by molar-refractivity contribution is -0.115. The molecular formula is C23H26N2O3S. The minimum atomic E-state index is -0.101. The SMILES string of the molecule is CCCCOc1ccc(OC)cc1NC(=O)Cc1ccc(-c2csc(C)n2)cc1. The van der Waals surface area contributed by atoms with E-state index >= 15 is 0 Å². The van der Waals surface area contributed by atoms with Crippen molar-refractivity contribution in [2.24, 2.45) is 0 Å². The third-order valence-corrected chi connectivity index (χ3v) is 5.22. The Morgan fingerprint density at radius 3 is 2.62 bits per heavy atom. The van der Waals surface area contributed by atoms with E-state index in [-0.39, 0.29) is 12.3 Å². The predicted molar refractivity (Wildman–Crippen MR) is 118 cm³/mol. The Morgan fingerprint density at radius 2 is 1.97 bits per heavy atom. The average molecular weight is 411 g/mol. The predicted octanol–water partition coefficient (Wildman–Crippen LogP) is 5.49. The van der Waals surface area contributed by atoms with Crippen molar-refractivity contribution in [3.8, 4) is 22.8 Å². The monoisotopic (exact) mass is 410 g/mol. The second-order valence-corrected chi connectivity index (χ2v) is 7.80. The second kappa shape index (κ2) is 10.1. The van der Waals surface area contributed by atoms with Crippen LogP contribution in [0.1, 0.15) is 30.3 Å². The summed E-state index contributed by atoms with van der Waals surface area (Å²) in [5, 5.41) is 6.04. The molecule has 0 saturated heterocycles. The van der Waals surface area contributed by atoms with Crippen molar-refractivity contribution in [3.05, 3.63) is 58.4 Å². The molecule has 152 valence electrons. The van der Waals surface area contributed by atoms with Crippen molar-refractivity contribution in [2.75, 3.05) is 19.0 Å². The topological polar surface area (TPSA) is 60.5 Å². The molecule has 1 N–H and O–H groups in total. The molecule has 1 heterocycles. The van der Waals surface area contributed by atoms with Crippen LogP contribution in [0, 0.1) is 6.92 Å². The third kappa shape index (κ3) is 5.81. The van der Waals surface area contributed by atoms with Gasteiger partial charge < -0.3 is 14.8 Å². The van der Waals surface area contributed by atoms with Crippen LogP contribution in [-0.2, 0) is 11.2 Å². The Hall–Kier alpha value is -2.86. The lowest BCUT2D eigenvalue weighted by Gasteiger charge is -2.14. The maximum absolute atomic E-state index is 12.6. The summed E-state index contributed by atoms with van der Waals surface area (Å²) < 4.78 is 11.1. The summed E-state index contributed by atoms with van der Waals surface area (Å²) in [6.07, 6.45) is 2.29. The van der Waals surface area contributed by atoms with E-state index in [9.17, 15) is 4.79 Å². The molecule has 0 atom stereocenters. The number of nitrogens with one attached hydrogen (secondary N) is 1. The highest BCUT2D eigenvalue weighted by Gasteiger charge is 2.11. The van der Waals surface area contributed by atoms with Gasteiger partial charge in [0.05, 0.1) is 36.5 Å². The molecule has 0 radical (unpaired) electrons. The molecule has 0 aliphatic rings. The number of nitrogens with zero attached hydrogens (tertiary/aromatic N) is 1. The molecule has 2 aromatic carbocycles. The van der Waals surface area contributed by atoms with Gasteiger partial charge >= 0.3 is 0 Å². The summed E-state index contributed by atoms with van der Waals surface area (Å²) in [5.41, 5.74) is 3.58. The van der Waals surface area contributed by atoms with Crippen LogP contribution in [0.5, 0.6) is 11.5 Å². The number of rotatable bonds is 9. The molecule has 3 aromatic rings. The van der Waals surface area contributed by atoms with E-state index in [1.807, 2.05) is 48.7 Å². The van der Waals surface area contributed by atoms with Gasteiger partial charge in [-0.25, -0.2) is 4.98 Å². The number of amides is 1. The molecule has 3 rings (SSSR count). The van der Waals surface area contributed by atoms with Crippen molar-refractivity contribution >= 4 is 22.9 Å². The van der Waals surface area contributed by atoms with Crippen molar-refractivity contribution in [1.29, 1.82) is 0 Å². The van der Waals surface area contributed by atoms with Gasteiger partial charge in [-0.2, -0.15) is 0 Å². The van der Waals surface area contributed by atoms with E-state index in [2.05, 4.69) is 17.2 Å². The third-order valence-electron chi connectivity index (χ3n) is 4.45. The summed E-state index contributed by atoms with van der Waals surface area (Å²) in [6, 6.07) is 13.4. The summed E-state index contributed by atoms with van der Waals surface area (Å²) in [4.78, 5) is 17.1. The van der Waals surface area contributed by atoms with Gasteiger partial charge in [0, 0.05) is 17.0 Å². The summed E-state index contributed by atoms with van der Waals surface area (Å²) in [5.74, 6) is 1.23. The molecule has 6 heteroatoms. The van der Waals surface area contributed by atoms with Crippen molar-refractivity contribution in [2.45, 2.75) is 33.1 Å². The van der Waals surface area contributed by atoms with Crippen LogP contribution in [-0.4, -0.2) is 24.6 Å². The van der Waals surface area contributed by atoms with Crippen molar-refractivity contribution in [1.82, 2.24) is 4.98 Å². The van der Waals surface area contributed by atoms with E-state index in [4.69, 9.17) is 9.47 Å². The number of anilines is 1. The van der Waals surface area contributed by atoms with Crippen LogP contribution in [0.4, 0.5) is 5.69 Å². The van der Waals surface area contributed by atoms with E-state index in [0.29, 0.717) is 23.8 Å². The number of thiazole rings is 1. The maximum atomic E-state index is 12.6. The molecule has 5 nitrogen and oxygen atoms in total. The van der Waals surface area contributed by atoms with Gasteiger partial charge in [0.2, 0.25) is 5.91 Å². The fourth-order valence-electron chi connectivity index (χ4n) is 2.86. The molecular weight excluding hydrogens is 384 g/mol. The Balaban J connectivity index is 1.66. The lowest BCUT2D eigenvalue weighted by atomic mass is 10.1. The first-order valence-corrected chi connectivity index (χ1v) is 10.6. The summed E-state index contributed by atoms with van der Waals surface area (Å²) in [6.45, 7) is 4.72. The van der Waals surface area contributed by atoms with Crippen LogP contribution >= 0.6 is 11.3 Å². The number of hydrogen-bond acceptors (Lipinski definition) is 5. The Morgan fingerprint density at radius 1 is 1.17 bits per heavy atom. The molecule has 0 fully saturated rings. The van der Waals surface area contributed by atoms with Gasteiger partial charge in [0.15, 0.2) is 0 Å². The first-order chi connectivity index (χ1) is 14.1. The Labute approximate surface area is 175 Å². The van der Waals surface area contributed by atoms with Crippen LogP contribution in [0.15, 0.2) is 47.8 Å². The first kappa shape index (κ1) is 20.9. The number of aryl methyl sites for hydroxylation is 1. The molecule has 1 amide bonds. The molecule has 0 aliphatic heterocycles. The van der Waals surface area contributed by atoms with Crippen molar-refractivity contribution in [3.63, 3.8) is 0 Å². The van der Waals surface area contributed by atoms with Crippen molar-refractivity contribution < 1.29 is 14.3 Å². The Bertz CT molecular complexity index is 951. The van der Waals surface area contributed by atoms with Crippen LogP contribution in [0.25, 0.3) is 11.3 Å². The van der Waals surface area contributed by atoms with E-state index < -0.39 is 0 Å². The minimum Gasteiger partial charge on any atom is -0.497 e. The number of carbonyl (C=O) groups excluding carboxylic acids is 1. The number of aromatic nitrogens is 1. The number of benzene rings is 2. The number of hydrogen-bond donors (Lipinski definition) is 1. The number of unbranched alkanes of at least 4 members (excludes halogenated alkanes) is 1. The van der Waals surface area contributed by atoms with E-state index in [1.54, 1.807) is 24.5 Å². The highest BCUT2D eigenvalue weighted by atomic mass is 32.1. The quantitative estimate of drug-likeness (QED) is 0.474. The second-order valence-electron chi connectivity index (χ2n) is 6.74. The number of methoxy groups -OCH3 is 1. The zero-order chi connectivity index (χ0) is 20.6. The molecule has 0 bridgehead atoms. The highest BCUT2D eigenvalue weighted by molar-refractivity contribution is 7.09. The molecule has 0 aliphatic carbocycles.